The Bertz CT molecular complexity index is 850. The van der Waals surface area contributed by atoms with E-state index in [2.05, 4.69) is 26.9 Å². The van der Waals surface area contributed by atoms with Gasteiger partial charge in [-0.25, -0.2) is 4.68 Å². The van der Waals surface area contributed by atoms with E-state index in [1.54, 1.807) is 6.07 Å². The zero-order valence-electron chi connectivity index (χ0n) is 16.2. The highest BCUT2D eigenvalue weighted by Crippen LogP contribution is 2.17. The third-order valence-electron chi connectivity index (χ3n) is 4.33. The first kappa shape index (κ1) is 22.4. The summed E-state index contributed by atoms with van der Waals surface area (Å²) in [4.78, 5) is 29.5. The fourth-order valence-corrected chi connectivity index (χ4v) is 2.73. The van der Waals surface area contributed by atoms with E-state index in [1.807, 2.05) is 0 Å². The second-order valence-corrected chi connectivity index (χ2v) is 6.69. The normalized spacial score (nSPS) is 16.0. The lowest BCUT2D eigenvalue weighted by Gasteiger charge is -2.21. The Morgan fingerprint density at radius 1 is 1.28 bits per heavy atom. The monoisotopic (exact) mass is 411 g/mol. The van der Waals surface area contributed by atoms with E-state index < -0.39 is 23.4 Å². The van der Waals surface area contributed by atoms with Gasteiger partial charge in [0.05, 0.1) is 0 Å². The van der Waals surface area contributed by atoms with Gasteiger partial charge in [0.15, 0.2) is 0 Å². The van der Waals surface area contributed by atoms with Gasteiger partial charge in [-0.3, -0.25) is 14.6 Å². The summed E-state index contributed by atoms with van der Waals surface area (Å²) in [5.41, 5.74) is -1.40. The van der Waals surface area contributed by atoms with E-state index in [0.717, 1.165) is 62.7 Å². The highest BCUT2D eigenvalue weighted by atomic mass is 19.4. The Morgan fingerprint density at radius 2 is 1.93 bits per heavy atom. The summed E-state index contributed by atoms with van der Waals surface area (Å²) in [5.74, 6) is 0.0637. The second-order valence-electron chi connectivity index (χ2n) is 6.69. The van der Waals surface area contributed by atoms with Crippen molar-refractivity contribution >= 4 is 17.4 Å². The fraction of sp³-hybridized carbons (Fsp3) is 0.474. The van der Waals surface area contributed by atoms with Crippen LogP contribution in [0.25, 0.3) is 0 Å². The van der Waals surface area contributed by atoms with Crippen LogP contribution in [0, 0.1) is 0 Å². The van der Waals surface area contributed by atoms with Crippen molar-refractivity contribution in [1.29, 1.82) is 0 Å². The van der Waals surface area contributed by atoms with E-state index in [9.17, 15) is 22.8 Å². The Balaban J connectivity index is 1.98. The molecule has 7 nitrogen and oxygen atoms in total. The Kier molecular flexibility index (Phi) is 7.74. The molecule has 1 aliphatic rings. The first-order valence-corrected chi connectivity index (χ1v) is 9.27. The quantitative estimate of drug-likeness (QED) is 0.577. The molecule has 1 saturated heterocycles. The molecule has 0 radical (unpaired) electrons. The number of anilines is 1. The first-order valence-electron chi connectivity index (χ1n) is 9.27. The van der Waals surface area contributed by atoms with Gasteiger partial charge in [-0.05, 0) is 31.9 Å². The minimum Gasteiger partial charge on any atom is -0.355 e. The Hall–Kier alpha value is -2.91. The number of amides is 1. The molecule has 29 heavy (non-hydrogen) atoms. The molecule has 1 N–H and O–H groups in total. The molecular weight excluding hydrogens is 387 g/mol. The van der Waals surface area contributed by atoms with Crippen LogP contribution in [-0.2, 0) is 11.3 Å². The Labute approximate surface area is 166 Å². The van der Waals surface area contributed by atoms with Crippen molar-refractivity contribution < 1.29 is 18.0 Å². The molecule has 1 amide bonds. The molecule has 0 unspecified atom stereocenters. The Morgan fingerprint density at radius 3 is 2.55 bits per heavy atom. The molecule has 0 bridgehead atoms. The van der Waals surface area contributed by atoms with Crippen LogP contribution in [0.1, 0.15) is 32.6 Å². The number of carbonyl (C=O) groups is 1. The molecule has 1 aromatic heterocycles. The molecule has 1 aromatic rings. The van der Waals surface area contributed by atoms with Crippen molar-refractivity contribution in [3.05, 3.63) is 47.0 Å². The molecular formula is C19H24F3N5O2. The zero-order valence-corrected chi connectivity index (χ0v) is 16.2. The molecule has 0 aliphatic carbocycles. The fourth-order valence-electron chi connectivity index (χ4n) is 2.73. The lowest BCUT2D eigenvalue weighted by molar-refractivity contribution is -0.121. The van der Waals surface area contributed by atoms with Crippen LogP contribution in [0.15, 0.2) is 46.5 Å². The van der Waals surface area contributed by atoms with Crippen LogP contribution in [0.4, 0.5) is 19.0 Å². The molecule has 1 aliphatic heterocycles. The van der Waals surface area contributed by atoms with Crippen LogP contribution in [0.3, 0.4) is 0 Å². The maximum absolute atomic E-state index is 12.4. The summed E-state index contributed by atoms with van der Waals surface area (Å²) >= 11 is 0. The number of rotatable bonds is 6. The topological polar surface area (TPSA) is 79.6 Å². The maximum atomic E-state index is 12.4. The highest BCUT2D eigenvalue weighted by Gasteiger charge is 2.31. The molecule has 2 heterocycles. The zero-order chi connectivity index (χ0) is 21.4. The summed E-state index contributed by atoms with van der Waals surface area (Å²) in [5, 5.41) is 6.67. The lowest BCUT2D eigenvalue weighted by Crippen LogP contribution is -2.34. The molecule has 10 heteroatoms. The summed E-state index contributed by atoms with van der Waals surface area (Å²) in [6.07, 6.45) is 1.92. The molecule has 1 fully saturated rings. The SMILES string of the molecule is C=C(/C=C\N=C(/C)C(F)(F)F)NC(=O)Cn1nc(N2CCCCCC2)ccc1=O. The van der Waals surface area contributed by atoms with Gasteiger partial charge in [0.1, 0.15) is 18.1 Å². The van der Waals surface area contributed by atoms with Crippen molar-refractivity contribution in [2.45, 2.75) is 45.3 Å². The lowest BCUT2D eigenvalue weighted by atomic mass is 10.2. The van der Waals surface area contributed by atoms with Gasteiger partial charge in [-0.1, -0.05) is 19.4 Å². The molecule has 0 atom stereocenters. The van der Waals surface area contributed by atoms with E-state index in [1.165, 1.54) is 6.07 Å². The first-order chi connectivity index (χ1) is 13.7. The average Bonchev–Trinajstić information content (AvgIpc) is 2.92. The third kappa shape index (κ3) is 7.20. The van der Waals surface area contributed by atoms with Crippen molar-refractivity contribution in [1.82, 2.24) is 15.1 Å². The largest absolute Gasteiger partial charge is 0.429 e. The number of nitrogens with zero attached hydrogens (tertiary/aromatic N) is 4. The van der Waals surface area contributed by atoms with Gasteiger partial charge in [-0.15, -0.1) is 0 Å². The number of aliphatic imine (C=N–C) groups is 1. The molecule has 0 saturated carbocycles. The smallest absolute Gasteiger partial charge is 0.355 e. The maximum Gasteiger partial charge on any atom is 0.429 e. The highest BCUT2D eigenvalue weighted by molar-refractivity contribution is 5.87. The van der Waals surface area contributed by atoms with Crippen LogP contribution in [-0.4, -0.2) is 40.7 Å². The van der Waals surface area contributed by atoms with E-state index >= 15 is 0 Å². The standard InChI is InChI=1S/C19H24F3N5O2/c1-14(9-10-23-15(2)19(20,21)22)24-17(28)13-27-18(29)8-7-16(25-27)26-11-5-3-4-6-12-26/h7-10H,1,3-6,11-13H2,2H3,(H,24,28)/b10-9-,23-15+. The van der Waals surface area contributed by atoms with Crippen molar-refractivity contribution in [2.75, 3.05) is 18.0 Å². The molecule has 0 aromatic carbocycles. The second kappa shape index (κ2) is 10.0. The minimum atomic E-state index is -4.51. The van der Waals surface area contributed by atoms with Gasteiger partial charge in [0.2, 0.25) is 5.91 Å². The van der Waals surface area contributed by atoms with Crippen molar-refractivity contribution in [3.8, 4) is 0 Å². The number of hydrogen-bond acceptors (Lipinski definition) is 5. The van der Waals surface area contributed by atoms with Gasteiger partial charge in [0.25, 0.3) is 5.56 Å². The number of allylic oxidation sites excluding steroid dienone is 1. The molecule has 158 valence electrons. The number of hydrogen-bond donors (Lipinski definition) is 1. The molecule has 0 spiro atoms. The average molecular weight is 411 g/mol. The van der Waals surface area contributed by atoms with Crippen LogP contribution < -0.4 is 15.8 Å². The summed E-state index contributed by atoms with van der Waals surface area (Å²) < 4.78 is 38.1. The van der Waals surface area contributed by atoms with Gasteiger partial charge in [-0.2, -0.15) is 18.3 Å². The van der Waals surface area contributed by atoms with Crippen LogP contribution in [0.5, 0.6) is 0 Å². The molecule has 2 rings (SSSR count). The summed E-state index contributed by atoms with van der Waals surface area (Å²) in [6, 6.07) is 3.01. The van der Waals surface area contributed by atoms with Crippen molar-refractivity contribution in [3.63, 3.8) is 0 Å². The minimum absolute atomic E-state index is 0.0467. The number of alkyl halides is 3. The van der Waals surface area contributed by atoms with Crippen molar-refractivity contribution in [2.24, 2.45) is 4.99 Å². The number of nitrogens with one attached hydrogen (secondary N) is 1. The predicted octanol–water partition coefficient (Wildman–Crippen LogP) is 2.79. The van der Waals surface area contributed by atoms with E-state index in [4.69, 9.17) is 0 Å². The van der Waals surface area contributed by atoms with Gasteiger partial charge in [0, 0.05) is 31.1 Å². The van der Waals surface area contributed by atoms with E-state index in [0.29, 0.717) is 5.82 Å². The van der Waals surface area contributed by atoms with Crippen LogP contribution >= 0.6 is 0 Å². The number of aromatic nitrogens is 2. The summed E-state index contributed by atoms with van der Waals surface area (Å²) in [7, 11) is 0. The number of halogens is 3. The summed E-state index contributed by atoms with van der Waals surface area (Å²) in [6.45, 7) is 5.72. The number of carbonyl (C=O) groups excluding carboxylic acids is 1. The van der Waals surface area contributed by atoms with E-state index in [-0.39, 0.29) is 12.2 Å². The third-order valence-corrected chi connectivity index (χ3v) is 4.33. The van der Waals surface area contributed by atoms with Gasteiger partial charge < -0.3 is 10.2 Å². The van der Waals surface area contributed by atoms with Crippen LogP contribution in [0.2, 0.25) is 0 Å². The van der Waals surface area contributed by atoms with Gasteiger partial charge >= 0.3 is 6.18 Å². The predicted molar refractivity (Wildman–Crippen MR) is 105 cm³/mol.